The van der Waals surface area contributed by atoms with Crippen LogP contribution in [0.5, 0.6) is 0 Å². The molecule has 1 aromatic heterocycles. The van der Waals surface area contributed by atoms with Gasteiger partial charge in [0.1, 0.15) is 0 Å². The minimum absolute atomic E-state index is 0.0751. The van der Waals surface area contributed by atoms with Crippen molar-refractivity contribution in [3.05, 3.63) is 124 Å². The van der Waals surface area contributed by atoms with Crippen LogP contribution in [-0.4, -0.2) is 4.57 Å². The first kappa shape index (κ1) is 24.0. The number of hydrogen-bond donors (Lipinski definition) is 0. The highest BCUT2D eigenvalue weighted by atomic mass is 15.0. The van der Waals surface area contributed by atoms with Crippen LogP contribution in [0.2, 0.25) is 0 Å². The number of fused-ring (bicyclic) bond motifs is 6. The Kier molecular flexibility index (Phi) is 5.04. The van der Waals surface area contributed by atoms with Crippen molar-refractivity contribution in [2.75, 3.05) is 0 Å². The quantitative estimate of drug-likeness (QED) is 0.221. The fourth-order valence-corrected chi connectivity index (χ4v) is 6.80. The van der Waals surface area contributed by atoms with Crippen LogP contribution in [-0.2, 0) is 5.41 Å². The van der Waals surface area contributed by atoms with Crippen molar-refractivity contribution in [2.24, 2.45) is 0 Å². The van der Waals surface area contributed by atoms with Gasteiger partial charge in [-0.05, 0) is 122 Å². The van der Waals surface area contributed by atoms with Crippen molar-refractivity contribution in [1.82, 2.24) is 4.57 Å². The molecule has 0 N–H and O–H groups in total. The summed E-state index contributed by atoms with van der Waals surface area (Å²) in [4.78, 5) is 0. The standard InChI is InChI=1S/C38H35N/c1-22-9-13-27(14-10-22)39-36-15-11-24(3)17-32(36)33-20-31-30-19-29(28-16-23(2)8-12-25(28)4)26(5)18-34(30)38(6,7)35(31)21-37(33)39/h8-21H,1-7H3. The van der Waals surface area contributed by atoms with E-state index in [0.717, 1.165) is 0 Å². The Hall–Kier alpha value is -4.10. The number of benzene rings is 5. The molecule has 0 saturated carbocycles. The van der Waals surface area contributed by atoms with E-state index in [0.29, 0.717) is 0 Å². The van der Waals surface area contributed by atoms with Gasteiger partial charge in [-0.25, -0.2) is 0 Å². The van der Waals surface area contributed by atoms with Gasteiger partial charge < -0.3 is 4.57 Å². The average molecular weight is 506 g/mol. The maximum absolute atomic E-state index is 2.48. The third-order valence-electron chi connectivity index (χ3n) is 9.04. The average Bonchev–Trinajstić information content (AvgIpc) is 3.32. The fourth-order valence-electron chi connectivity index (χ4n) is 6.80. The Morgan fingerprint density at radius 3 is 1.82 bits per heavy atom. The van der Waals surface area contributed by atoms with Gasteiger partial charge >= 0.3 is 0 Å². The molecular weight excluding hydrogens is 470 g/mol. The summed E-state index contributed by atoms with van der Waals surface area (Å²) in [6, 6.07) is 32.5. The van der Waals surface area contributed by atoms with Crippen molar-refractivity contribution < 1.29 is 0 Å². The minimum Gasteiger partial charge on any atom is -0.309 e. The van der Waals surface area contributed by atoms with Crippen LogP contribution in [0, 0.1) is 34.6 Å². The van der Waals surface area contributed by atoms with Crippen molar-refractivity contribution in [2.45, 2.75) is 53.9 Å². The van der Waals surface area contributed by atoms with E-state index >= 15 is 0 Å². The summed E-state index contributed by atoms with van der Waals surface area (Å²) in [6.45, 7) is 15.8. The predicted octanol–water partition coefficient (Wildman–Crippen LogP) is 10.3. The van der Waals surface area contributed by atoms with E-state index < -0.39 is 0 Å². The molecule has 6 aromatic rings. The molecule has 7 rings (SSSR count). The lowest BCUT2D eigenvalue weighted by atomic mass is 9.81. The lowest BCUT2D eigenvalue weighted by Gasteiger charge is -2.23. The van der Waals surface area contributed by atoms with Crippen LogP contribution in [0.4, 0.5) is 0 Å². The molecule has 0 spiro atoms. The molecule has 0 fully saturated rings. The van der Waals surface area contributed by atoms with E-state index in [-0.39, 0.29) is 5.41 Å². The summed E-state index contributed by atoms with van der Waals surface area (Å²) in [7, 11) is 0. The number of aryl methyl sites for hydroxylation is 5. The lowest BCUT2D eigenvalue weighted by molar-refractivity contribution is 0.660. The zero-order chi connectivity index (χ0) is 27.2. The van der Waals surface area contributed by atoms with Gasteiger partial charge in [-0.2, -0.15) is 0 Å². The summed E-state index contributed by atoms with van der Waals surface area (Å²) in [5.74, 6) is 0. The van der Waals surface area contributed by atoms with Gasteiger partial charge in [0, 0.05) is 21.9 Å². The van der Waals surface area contributed by atoms with Gasteiger partial charge in [0.15, 0.2) is 0 Å². The molecule has 192 valence electrons. The number of rotatable bonds is 2. The van der Waals surface area contributed by atoms with Gasteiger partial charge in [-0.15, -0.1) is 0 Å². The molecule has 1 nitrogen and oxygen atoms in total. The minimum atomic E-state index is -0.0751. The topological polar surface area (TPSA) is 4.93 Å². The second-order valence-electron chi connectivity index (χ2n) is 12.3. The summed E-state index contributed by atoms with van der Waals surface area (Å²) in [6.07, 6.45) is 0. The zero-order valence-electron chi connectivity index (χ0n) is 24.0. The largest absolute Gasteiger partial charge is 0.309 e. The highest BCUT2D eigenvalue weighted by Gasteiger charge is 2.37. The van der Waals surface area contributed by atoms with E-state index in [1.54, 1.807) is 0 Å². The molecule has 0 bridgehead atoms. The molecule has 0 radical (unpaired) electrons. The smallest absolute Gasteiger partial charge is 0.0544 e. The van der Waals surface area contributed by atoms with Gasteiger partial charge in [-0.3, -0.25) is 0 Å². The summed E-state index contributed by atoms with van der Waals surface area (Å²) in [5, 5.41) is 2.65. The van der Waals surface area contributed by atoms with Crippen molar-refractivity contribution >= 4 is 21.8 Å². The van der Waals surface area contributed by atoms with Crippen LogP contribution < -0.4 is 0 Å². The second kappa shape index (κ2) is 8.20. The number of aromatic nitrogens is 1. The molecule has 0 unspecified atom stereocenters. The Morgan fingerprint density at radius 1 is 0.462 bits per heavy atom. The fraction of sp³-hybridized carbons (Fsp3) is 0.211. The summed E-state index contributed by atoms with van der Waals surface area (Å²) < 4.78 is 2.45. The molecule has 0 amide bonds. The van der Waals surface area contributed by atoms with E-state index in [2.05, 4.69) is 138 Å². The third kappa shape index (κ3) is 3.46. The van der Waals surface area contributed by atoms with Crippen LogP contribution >= 0.6 is 0 Å². The van der Waals surface area contributed by atoms with E-state index in [9.17, 15) is 0 Å². The molecule has 0 saturated heterocycles. The van der Waals surface area contributed by atoms with Crippen LogP contribution in [0.15, 0.2) is 84.9 Å². The zero-order valence-corrected chi connectivity index (χ0v) is 24.0. The molecule has 0 atom stereocenters. The molecule has 1 aliphatic rings. The number of hydrogen-bond acceptors (Lipinski definition) is 0. The number of nitrogens with zero attached hydrogens (tertiary/aromatic N) is 1. The van der Waals surface area contributed by atoms with E-state index in [1.807, 2.05) is 0 Å². The summed E-state index contributed by atoms with van der Waals surface area (Å²) >= 11 is 0. The van der Waals surface area contributed by atoms with Gasteiger partial charge in [0.2, 0.25) is 0 Å². The van der Waals surface area contributed by atoms with Crippen molar-refractivity contribution in [3.8, 4) is 27.9 Å². The maximum Gasteiger partial charge on any atom is 0.0544 e. The highest BCUT2D eigenvalue weighted by molar-refractivity contribution is 6.12. The molecule has 5 aromatic carbocycles. The van der Waals surface area contributed by atoms with E-state index in [4.69, 9.17) is 0 Å². The Balaban J connectivity index is 1.55. The lowest BCUT2D eigenvalue weighted by Crippen LogP contribution is -2.15. The predicted molar refractivity (Wildman–Crippen MR) is 167 cm³/mol. The molecule has 0 aliphatic heterocycles. The molecule has 1 heteroatoms. The third-order valence-corrected chi connectivity index (χ3v) is 9.04. The molecule has 1 aliphatic carbocycles. The maximum atomic E-state index is 2.48. The van der Waals surface area contributed by atoms with Crippen molar-refractivity contribution in [3.63, 3.8) is 0 Å². The second-order valence-corrected chi connectivity index (χ2v) is 12.3. The Labute approximate surface area is 231 Å². The van der Waals surface area contributed by atoms with Crippen LogP contribution in [0.3, 0.4) is 0 Å². The monoisotopic (exact) mass is 505 g/mol. The summed E-state index contributed by atoms with van der Waals surface area (Å²) in [5.41, 5.74) is 18.5. The molecule has 39 heavy (non-hydrogen) atoms. The Bertz CT molecular complexity index is 1960. The van der Waals surface area contributed by atoms with Gasteiger partial charge in [-0.1, -0.05) is 73.0 Å². The molecular formula is C38H35N. The normalized spacial score (nSPS) is 13.7. The SMILES string of the molecule is Cc1ccc(-n2c3ccc(C)cc3c3cc4c(cc32)C(C)(C)c2cc(C)c(-c3cc(C)ccc3C)cc2-4)cc1. The van der Waals surface area contributed by atoms with E-state index in [1.165, 1.54) is 88.7 Å². The first-order valence-corrected chi connectivity index (χ1v) is 14.0. The van der Waals surface area contributed by atoms with Crippen molar-refractivity contribution in [1.29, 1.82) is 0 Å². The highest BCUT2D eigenvalue weighted by Crippen LogP contribution is 2.52. The Morgan fingerprint density at radius 2 is 1.05 bits per heavy atom. The molecule has 1 heterocycles. The van der Waals surface area contributed by atoms with Crippen LogP contribution in [0.1, 0.15) is 52.8 Å². The van der Waals surface area contributed by atoms with Gasteiger partial charge in [0.25, 0.3) is 0 Å². The van der Waals surface area contributed by atoms with Gasteiger partial charge in [0.05, 0.1) is 11.0 Å². The van der Waals surface area contributed by atoms with Crippen LogP contribution in [0.25, 0.3) is 49.7 Å². The first-order chi connectivity index (χ1) is 18.6. The first-order valence-electron chi connectivity index (χ1n) is 14.0.